The van der Waals surface area contributed by atoms with Gasteiger partial charge in [-0.05, 0) is 29.8 Å². The zero-order chi connectivity index (χ0) is 12.5. The summed E-state index contributed by atoms with van der Waals surface area (Å²) in [4.78, 5) is 3.54. The van der Waals surface area contributed by atoms with E-state index in [4.69, 9.17) is 10.7 Å². The molecule has 17 heavy (non-hydrogen) atoms. The molecule has 2 aromatic rings. The highest BCUT2D eigenvalue weighted by Gasteiger charge is 2.19. The van der Waals surface area contributed by atoms with Crippen LogP contribution in [-0.2, 0) is 9.05 Å². The van der Waals surface area contributed by atoms with E-state index in [-0.39, 0.29) is 10.5 Å². The van der Waals surface area contributed by atoms with Crippen LogP contribution in [0.5, 0.6) is 0 Å². The third kappa shape index (κ3) is 2.45. The summed E-state index contributed by atoms with van der Waals surface area (Å²) in [6, 6.07) is 6.78. The first-order valence-corrected chi connectivity index (χ1v) is 6.94. The molecule has 0 atom stereocenters. The van der Waals surface area contributed by atoms with Crippen molar-refractivity contribution in [2.75, 3.05) is 0 Å². The lowest BCUT2D eigenvalue weighted by atomic mass is 10.1. The number of aromatic nitrogens is 1. The Balaban J connectivity index is 2.78. The molecule has 0 aliphatic carbocycles. The van der Waals surface area contributed by atoms with Crippen LogP contribution in [0, 0.1) is 5.82 Å². The van der Waals surface area contributed by atoms with Crippen molar-refractivity contribution in [3.05, 3.63) is 48.5 Å². The smallest absolute Gasteiger partial charge is 0.262 e. The Morgan fingerprint density at radius 1 is 1.12 bits per heavy atom. The summed E-state index contributed by atoms with van der Waals surface area (Å²) >= 11 is 0. The molecule has 1 heterocycles. The van der Waals surface area contributed by atoms with Crippen molar-refractivity contribution in [3.63, 3.8) is 0 Å². The van der Waals surface area contributed by atoms with Gasteiger partial charge in [-0.3, -0.25) is 4.98 Å². The average molecular weight is 272 g/mol. The second kappa shape index (κ2) is 4.43. The van der Waals surface area contributed by atoms with Crippen LogP contribution in [0.25, 0.3) is 11.1 Å². The normalized spacial score (nSPS) is 11.4. The SMILES string of the molecule is O=S(=O)(Cl)c1cccc(F)c1-c1ccncc1. The molecule has 0 aliphatic heterocycles. The predicted octanol–water partition coefficient (Wildman–Crippen LogP) is 2.82. The van der Waals surface area contributed by atoms with Gasteiger partial charge in [0, 0.05) is 28.6 Å². The van der Waals surface area contributed by atoms with Crippen LogP contribution in [0.1, 0.15) is 0 Å². The van der Waals surface area contributed by atoms with Gasteiger partial charge in [0.05, 0.1) is 4.90 Å². The standard InChI is InChI=1S/C11H7ClFNO2S/c12-17(15,16)10-3-1-2-9(13)11(10)8-4-6-14-7-5-8/h1-7H. The van der Waals surface area contributed by atoms with Crippen LogP contribution >= 0.6 is 10.7 Å². The van der Waals surface area contributed by atoms with Gasteiger partial charge in [-0.15, -0.1) is 0 Å². The van der Waals surface area contributed by atoms with Gasteiger partial charge in [0.1, 0.15) is 5.82 Å². The molecule has 3 nitrogen and oxygen atoms in total. The molecule has 0 saturated heterocycles. The lowest BCUT2D eigenvalue weighted by Crippen LogP contribution is -1.97. The number of pyridine rings is 1. The molecule has 0 unspecified atom stereocenters. The number of hydrogen-bond acceptors (Lipinski definition) is 3. The molecule has 1 aromatic heterocycles. The van der Waals surface area contributed by atoms with E-state index in [1.165, 1.54) is 42.7 Å². The highest BCUT2D eigenvalue weighted by Crippen LogP contribution is 2.31. The van der Waals surface area contributed by atoms with Crippen LogP contribution in [0.3, 0.4) is 0 Å². The molecule has 0 radical (unpaired) electrons. The fraction of sp³-hybridized carbons (Fsp3) is 0. The van der Waals surface area contributed by atoms with E-state index >= 15 is 0 Å². The second-order valence-electron chi connectivity index (χ2n) is 3.29. The summed E-state index contributed by atoms with van der Waals surface area (Å²) in [5.41, 5.74) is 0.377. The Morgan fingerprint density at radius 2 is 1.76 bits per heavy atom. The van der Waals surface area contributed by atoms with Gasteiger partial charge in [0.15, 0.2) is 0 Å². The highest BCUT2D eigenvalue weighted by molar-refractivity contribution is 8.13. The van der Waals surface area contributed by atoms with Gasteiger partial charge >= 0.3 is 0 Å². The number of halogens is 2. The van der Waals surface area contributed by atoms with Crippen molar-refractivity contribution in [2.45, 2.75) is 4.90 Å². The molecule has 6 heteroatoms. The molecule has 1 aromatic carbocycles. The number of nitrogens with zero attached hydrogens (tertiary/aromatic N) is 1. The largest absolute Gasteiger partial charge is 0.265 e. The molecule has 0 bridgehead atoms. The molecule has 0 spiro atoms. The second-order valence-corrected chi connectivity index (χ2v) is 5.82. The summed E-state index contributed by atoms with van der Waals surface area (Å²) in [5, 5.41) is 0. The number of rotatable bonds is 2. The molecule has 0 amide bonds. The highest BCUT2D eigenvalue weighted by atomic mass is 35.7. The Hall–Kier alpha value is -1.46. The molecule has 88 valence electrons. The molecule has 0 aliphatic rings. The summed E-state index contributed by atoms with van der Waals surface area (Å²) < 4.78 is 36.4. The summed E-state index contributed by atoms with van der Waals surface area (Å²) in [5.74, 6) is -0.641. The number of hydrogen-bond donors (Lipinski definition) is 0. The monoisotopic (exact) mass is 271 g/mol. The van der Waals surface area contributed by atoms with Gasteiger partial charge in [-0.2, -0.15) is 0 Å². The zero-order valence-electron chi connectivity index (χ0n) is 8.47. The van der Waals surface area contributed by atoms with E-state index in [0.717, 1.165) is 0 Å². The van der Waals surface area contributed by atoms with E-state index in [0.29, 0.717) is 5.56 Å². The van der Waals surface area contributed by atoms with Crippen molar-refractivity contribution in [2.24, 2.45) is 0 Å². The maximum Gasteiger partial charge on any atom is 0.262 e. The average Bonchev–Trinajstić information content (AvgIpc) is 2.28. The maximum absolute atomic E-state index is 13.7. The molecular weight excluding hydrogens is 265 g/mol. The minimum Gasteiger partial charge on any atom is -0.265 e. The quantitative estimate of drug-likeness (QED) is 0.789. The van der Waals surface area contributed by atoms with E-state index < -0.39 is 14.9 Å². The Labute approximate surface area is 102 Å². The van der Waals surface area contributed by atoms with Crippen LogP contribution in [0.2, 0.25) is 0 Å². The third-order valence-corrected chi connectivity index (χ3v) is 3.57. The Morgan fingerprint density at radius 3 is 2.35 bits per heavy atom. The van der Waals surface area contributed by atoms with E-state index in [9.17, 15) is 12.8 Å². The van der Waals surface area contributed by atoms with Gasteiger partial charge in [-0.1, -0.05) is 6.07 Å². The zero-order valence-corrected chi connectivity index (χ0v) is 10.0. The first-order chi connectivity index (χ1) is 8.00. The van der Waals surface area contributed by atoms with Gasteiger partial charge in [-0.25, -0.2) is 12.8 Å². The molecular formula is C11H7ClFNO2S. The van der Waals surface area contributed by atoms with Crippen molar-refractivity contribution in [1.29, 1.82) is 0 Å². The van der Waals surface area contributed by atoms with Crippen molar-refractivity contribution in [3.8, 4) is 11.1 Å². The van der Waals surface area contributed by atoms with Gasteiger partial charge < -0.3 is 0 Å². The van der Waals surface area contributed by atoms with Crippen LogP contribution in [0.4, 0.5) is 4.39 Å². The van der Waals surface area contributed by atoms with Crippen LogP contribution in [0.15, 0.2) is 47.6 Å². The first kappa shape index (κ1) is 12.0. The first-order valence-electron chi connectivity index (χ1n) is 4.64. The van der Waals surface area contributed by atoms with E-state index in [1.807, 2.05) is 0 Å². The fourth-order valence-corrected chi connectivity index (χ4v) is 2.59. The number of benzene rings is 1. The maximum atomic E-state index is 13.7. The van der Waals surface area contributed by atoms with Gasteiger partial charge in [0.25, 0.3) is 9.05 Å². The Kier molecular flexibility index (Phi) is 3.13. The third-order valence-electron chi connectivity index (χ3n) is 2.21. The fourth-order valence-electron chi connectivity index (χ4n) is 1.51. The van der Waals surface area contributed by atoms with Crippen molar-refractivity contribution >= 4 is 19.7 Å². The molecule has 0 N–H and O–H groups in total. The van der Waals surface area contributed by atoms with Crippen molar-refractivity contribution in [1.82, 2.24) is 4.98 Å². The topological polar surface area (TPSA) is 47.0 Å². The molecule has 0 fully saturated rings. The molecule has 0 saturated carbocycles. The lowest BCUT2D eigenvalue weighted by molar-refractivity contribution is 0.604. The van der Waals surface area contributed by atoms with Crippen LogP contribution in [-0.4, -0.2) is 13.4 Å². The predicted molar refractivity (Wildman–Crippen MR) is 62.7 cm³/mol. The minimum atomic E-state index is -3.99. The summed E-state index contributed by atoms with van der Waals surface area (Å²) in [6.07, 6.45) is 2.90. The lowest BCUT2D eigenvalue weighted by Gasteiger charge is -2.07. The van der Waals surface area contributed by atoms with Crippen LogP contribution < -0.4 is 0 Å². The summed E-state index contributed by atoms with van der Waals surface area (Å²) in [7, 11) is 1.28. The summed E-state index contributed by atoms with van der Waals surface area (Å²) in [6.45, 7) is 0. The molecule has 2 rings (SSSR count). The van der Waals surface area contributed by atoms with Gasteiger partial charge in [0.2, 0.25) is 0 Å². The van der Waals surface area contributed by atoms with Crippen molar-refractivity contribution < 1.29 is 12.8 Å². The van der Waals surface area contributed by atoms with E-state index in [2.05, 4.69) is 4.98 Å². The Bertz CT molecular complexity index is 644. The van der Waals surface area contributed by atoms with E-state index in [1.54, 1.807) is 0 Å². The minimum absolute atomic E-state index is 0.0371.